The molecule has 1 rings (SSSR count). The van der Waals surface area contributed by atoms with E-state index in [2.05, 4.69) is 0 Å². The molecule has 1 aliphatic carbocycles. The molecule has 20 heavy (non-hydrogen) atoms. The van der Waals surface area contributed by atoms with Crippen LogP contribution in [0.4, 0.5) is 4.79 Å². The van der Waals surface area contributed by atoms with Gasteiger partial charge in [-0.25, -0.2) is 4.79 Å². The molecule has 0 aromatic carbocycles. The van der Waals surface area contributed by atoms with Crippen molar-refractivity contribution in [2.24, 2.45) is 11.7 Å². The van der Waals surface area contributed by atoms with E-state index in [0.29, 0.717) is 6.54 Å². The minimum absolute atomic E-state index is 0.269. The second-order valence-electron chi connectivity index (χ2n) is 6.91. The zero-order valence-corrected chi connectivity index (χ0v) is 13.3. The first-order chi connectivity index (χ1) is 9.20. The summed E-state index contributed by atoms with van der Waals surface area (Å²) in [6, 6.07) is -0.421. The van der Waals surface area contributed by atoms with Gasteiger partial charge in [0.15, 0.2) is 0 Å². The Labute approximate surface area is 122 Å². The van der Waals surface area contributed by atoms with E-state index in [9.17, 15) is 9.90 Å². The molecule has 1 amide bonds. The first-order valence-electron chi connectivity index (χ1n) is 7.58. The number of carbonyl (C=O) groups excluding carboxylic acids is 1. The third-order valence-electron chi connectivity index (χ3n) is 3.76. The summed E-state index contributed by atoms with van der Waals surface area (Å²) in [6.07, 6.45) is 4.70. The van der Waals surface area contributed by atoms with Gasteiger partial charge < -0.3 is 20.5 Å². The molecule has 118 valence electrons. The van der Waals surface area contributed by atoms with Gasteiger partial charge in [0.05, 0.1) is 6.10 Å². The second kappa shape index (κ2) is 7.27. The molecule has 0 unspecified atom stereocenters. The number of hydrogen-bond donors (Lipinski definition) is 2. The summed E-state index contributed by atoms with van der Waals surface area (Å²) in [7, 11) is 1.65. The van der Waals surface area contributed by atoms with E-state index < -0.39 is 23.8 Å². The molecule has 0 heterocycles. The molecule has 0 radical (unpaired) electrons. The van der Waals surface area contributed by atoms with Crippen LogP contribution in [0, 0.1) is 5.92 Å². The maximum atomic E-state index is 11.9. The van der Waals surface area contributed by atoms with E-state index in [-0.39, 0.29) is 5.92 Å². The molecule has 5 heteroatoms. The number of nitrogens with zero attached hydrogens (tertiary/aromatic N) is 1. The van der Waals surface area contributed by atoms with Gasteiger partial charge in [0, 0.05) is 19.6 Å². The first kappa shape index (κ1) is 17.2. The van der Waals surface area contributed by atoms with Crippen molar-refractivity contribution >= 4 is 6.09 Å². The lowest BCUT2D eigenvalue weighted by Gasteiger charge is -2.33. The Hall–Kier alpha value is -0.810. The fraction of sp³-hybridized carbons (Fsp3) is 0.933. The molecule has 1 aliphatic rings. The van der Waals surface area contributed by atoms with Gasteiger partial charge in [-0.1, -0.05) is 19.3 Å². The summed E-state index contributed by atoms with van der Waals surface area (Å²) >= 11 is 0. The van der Waals surface area contributed by atoms with E-state index in [0.717, 1.165) is 25.7 Å². The average molecular weight is 286 g/mol. The van der Waals surface area contributed by atoms with Crippen LogP contribution in [0.3, 0.4) is 0 Å². The van der Waals surface area contributed by atoms with Crippen LogP contribution in [0.25, 0.3) is 0 Å². The smallest absolute Gasteiger partial charge is 0.410 e. The SMILES string of the molecule is CN(C[C@@H](N)[C@@H](O)C1CCCCC1)C(=O)OC(C)(C)C. The minimum Gasteiger partial charge on any atom is -0.444 e. The molecule has 1 fully saturated rings. The Kier molecular flexibility index (Phi) is 6.27. The Bertz CT molecular complexity index is 309. The average Bonchev–Trinajstić information content (AvgIpc) is 2.36. The lowest BCUT2D eigenvalue weighted by Crippen LogP contribution is -2.49. The van der Waals surface area contributed by atoms with Crippen LogP contribution in [0.15, 0.2) is 0 Å². The quantitative estimate of drug-likeness (QED) is 0.830. The highest BCUT2D eigenvalue weighted by Crippen LogP contribution is 2.27. The number of ether oxygens (including phenoxy) is 1. The van der Waals surface area contributed by atoms with Crippen LogP contribution in [-0.2, 0) is 4.74 Å². The number of nitrogens with two attached hydrogens (primary N) is 1. The van der Waals surface area contributed by atoms with Crippen LogP contribution in [-0.4, -0.2) is 47.4 Å². The van der Waals surface area contributed by atoms with Gasteiger partial charge in [-0.3, -0.25) is 0 Å². The number of rotatable bonds is 4. The summed E-state index contributed by atoms with van der Waals surface area (Å²) in [5.41, 5.74) is 5.53. The molecule has 2 atom stereocenters. The van der Waals surface area contributed by atoms with E-state index in [4.69, 9.17) is 10.5 Å². The third-order valence-corrected chi connectivity index (χ3v) is 3.76. The van der Waals surface area contributed by atoms with Crippen molar-refractivity contribution < 1.29 is 14.6 Å². The molecule has 5 nitrogen and oxygen atoms in total. The predicted molar refractivity (Wildman–Crippen MR) is 79.4 cm³/mol. The Morgan fingerprint density at radius 1 is 1.35 bits per heavy atom. The molecular weight excluding hydrogens is 256 g/mol. The zero-order valence-electron chi connectivity index (χ0n) is 13.3. The predicted octanol–water partition coefficient (Wildman–Crippen LogP) is 2.12. The highest BCUT2D eigenvalue weighted by atomic mass is 16.6. The summed E-state index contributed by atoms with van der Waals surface area (Å²) in [5.74, 6) is 0.269. The molecular formula is C15H30N2O3. The highest BCUT2D eigenvalue weighted by molar-refractivity contribution is 5.67. The molecule has 0 bridgehead atoms. The zero-order chi connectivity index (χ0) is 15.3. The number of hydrogen-bond acceptors (Lipinski definition) is 4. The van der Waals surface area contributed by atoms with Crippen molar-refractivity contribution in [2.45, 2.75) is 70.6 Å². The van der Waals surface area contributed by atoms with Gasteiger partial charge in [-0.2, -0.15) is 0 Å². The van der Waals surface area contributed by atoms with E-state index in [1.165, 1.54) is 11.3 Å². The second-order valence-corrected chi connectivity index (χ2v) is 6.91. The number of likely N-dealkylation sites (N-methyl/N-ethyl adjacent to an activating group) is 1. The standard InChI is InChI=1S/C15H30N2O3/c1-15(2,3)20-14(19)17(4)10-12(16)13(18)11-8-6-5-7-9-11/h11-13,18H,5-10,16H2,1-4H3/t12-,13+/m1/s1. The van der Waals surface area contributed by atoms with Crippen molar-refractivity contribution in [3.63, 3.8) is 0 Å². The highest BCUT2D eigenvalue weighted by Gasteiger charge is 2.29. The van der Waals surface area contributed by atoms with Gasteiger partial charge in [0.2, 0.25) is 0 Å². The van der Waals surface area contributed by atoms with Gasteiger partial charge >= 0.3 is 6.09 Å². The molecule has 0 aliphatic heterocycles. The monoisotopic (exact) mass is 286 g/mol. The van der Waals surface area contributed by atoms with Gasteiger partial charge in [-0.15, -0.1) is 0 Å². The number of amides is 1. The molecule has 0 aromatic rings. The van der Waals surface area contributed by atoms with Crippen LogP contribution >= 0.6 is 0 Å². The largest absolute Gasteiger partial charge is 0.444 e. The Morgan fingerprint density at radius 3 is 2.40 bits per heavy atom. The van der Waals surface area contributed by atoms with Crippen molar-refractivity contribution in [2.75, 3.05) is 13.6 Å². The molecule has 1 saturated carbocycles. The minimum atomic E-state index is -0.541. The van der Waals surface area contributed by atoms with Crippen LogP contribution in [0.2, 0.25) is 0 Å². The Balaban J connectivity index is 2.43. The van der Waals surface area contributed by atoms with Crippen molar-refractivity contribution in [3.8, 4) is 0 Å². The van der Waals surface area contributed by atoms with E-state index >= 15 is 0 Å². The summed E-state index contributed by atoms with van der Waals surface area (Å²) in [5, 5.41) is 10.3. The molecule has 0 spiro atoms. The summed E-state index contributed by atoms with van der Waals surface area (Å²) in [4.78, 5) is 13.3. The first-order valence-corrected chi connectivity index (χ1v) is 7.58. The number of aliphatic hydroxyl groups is 1. The third kappa shape index (κ3) is 5.67. The van der Waals surface area contributed by atoms with Crippen molar-refractivity contribution in [1.82, 2.24) is 4.90 Å². The van der Waals surface area contributed by atoms with Crippen LogP contribution < -0.4 is 5.73 Å². The maximum absolute atomic E-state index is 11.9. The van der Waals surface area contributed by atoms with Gasteiger partial charge in [-0.05, 0) is 39.5 Å². The fourth-order valence-corrected chi connectivity index (χ4v) is 2.66. The molecule has 3 N–H and O–H groups in total. The van der Waals surface area contributed by atoms with E-state index in [1.54, 1.807) is 7.05 Å². The Morgan fingerprint density at radius 2 is 1.90 bits per heavy atom. The van der Waals surface area contributed by atoms with Crippen molar-refractivity contribution in [3.05, 3.63) is 0 Å². The number of carbonyl (C=O) groups is 1. The van der Waals surface area contributed by atoms with Gasteiger partial charge in [0.1, 0.15) is 5.60 Å². The summed E-state index contributed by atoms with van der Waals surface area (Å²) < 4.78 is 5.28. The fourth-order valence-electron chi connectivity index (χ4n) is 2.66. The normalized spacial score (nSPS) is 20.3. The lowest BCUT2D eigenvalue weighted by atomic mass is 9.83. The van der Waals surface area contributed by atoms with Crippen LogP contribution in [0.5, 0.6) is 0 Å². The maximum Gasteiger partial charge on any atom is 0.410 e. The molecule has 0 saturated heterocycles. The van der Waals surface area contributed by atoms with Crippen LogP contribution in [0.1, 0.15) is 52.9 Å². The summed E-state index contributed by atoms with van der Waals surface area (Å²) in [6.45, 7) is 5.80. The molecule has 0 aromatic heterocycles. The van der Waals surface area contributed by atoms with E-state index in [1.807, 2.05) is 20.8 Å². The number of aliphatic hydroxyl groups excluding tert-OH is 1. The van der Waals surface area contributed by atoms with Crippen molar-refractivity contribution in [1.29, 1.82) is 0 Å². The van der Waals surface area contributed by atoms with Gasteiger partial charge in [0.25, 0.3) is 0 Å². The topological polar surface area (TPSA) is 75.8 Å². The lowest BCUT2D eigenvalue weighted by molar-refractivity contribution is 0.0185.